The second-order valence-corrected chi connectivity index (χ2v) is 5.38. The van der Waals surface area contributed by atoms with Gasteiger partial charge in [-0.3, -0.25) is 0 Å². The molecule has 1 rings (SSSR count). The lowest BCUT2D eigenvalue weighted by Gasteiger charge is -2.08. The molecule has 126 valence electrons. The van der Waals surface area contributed by atoms with Gasteiger partial charge in [0.25, 0.3) is 0 Å². The minimum absolute atomic E-state index is 0.288. The minimum atomic E-state index is 0.288. The van der Waals surface area contributed by atoms with Gasteiger partial charge >= 0.3 is 0 Å². The summed E-state index contributed by atoms with van der Waals surface area (Å²) in [7, 11) is 1.72. The fourth-order valence-electron chi connectivity index (χ4n) is 2.08. The molecule has 0 fully saturated rings. The van der Waals surface area contributed by atoms with Crippen molar-refractivity contribution in [3.05, 3.63) is 29.8 Å². The average molecular weight is 310 g/mol. The Morgan fingerprint density at radius 3 is 2.23 bits per heavy atom. The van der Waals surface area contributed by atoms with Crippen molar-refractivity contribution in [1.82, 2.24) is 0 Å². The van der Waals surface area contributed by atoms with Crippen LogP contribution in [0.4, 0.5) is 0 Å². The van der Waals surface area contributed by atoms with Crippen LogP contribution in [0.3, 0.4) is 0 Å². The molecule has 0 saturated carbocycles. The van der Waals surface area contributed by atoms with E-state index in [9.17, 15) is 0 Å². The van der Waals surface area contributed by atoms with Crippen LogP contribution in [0.1, 0.15) is 44.1 Å². The molecule has 0 amide bonds. The van der Waals surface area contributed by atoms with Gasteiger partial charge in [-0.1, -0.05) is 18.6 Å². The highest BCUT2D eigenvalue weighted by Crippen LogP contribution is 2.14. The standard InChI is InChI=1S/C18H30O4/c1-20-13-6-7-14-21-16-17-8-10-18(11-9-17)22-15-5-3-2-4-12-19/h8-11,19H,2-7,12-16H2,1H3. The van der Waals surface area contributed by atoms with Gasteiger partial charge in [-0.2, -0.15) is 0 Å². The van der Waals surface area contributed by atoms with E-state index >= 15 is 0 Å². The molecule has 1 aromatic carbocycles. The summed E-state index contributed by atoms with van der Waals surface area (Å²) in [6, 6.07) is 8.10. The lowest BCUT2D eigenvalue weighted by Crippen LogP contribution is -1.99. The topological polar surface area (TPSA) is 47.9 Å². The first-order valence-electron chi connectivity index (χ1n) is 8.26. The Kier molecular flexibility index (Phi) is 11.7. The molecule has 0 unspecified atom stereocenters. The van der Waals surface area contributed by atoms with E-state index in [0.29, 0.717) is 6.61 Å². The molecule has 4 heteroatoms. The number of rotatable bonds is 14. The van der Waals surface area contributed by atoms with Crippen molar-refractivity contribution in [2.75, 3.05) is 33.5 Å². The maximum Gasteiger partial charge on any atom is 0.119 e. The second kappa shape index (κ2) is 13.6. The van der Waals surface area contributed by atoms with Gasteiger partial charge in [0, 0.05) is 26.9 Å². The zero-order chi connectivity index (χ0) is 15.9. The molecular formula is C18H30O4. The van der Waals surface area contributed by atoms with Gasteiger partial charge in [0.15, 0.2) is 0 Å². The Labute approximate surface area is 134 Å². The summed E-state index contributed by atoms with van der Waals surface area (Å²) in [5.41, 5.74) is 1.17. The molecule has 0 bridgehead atoms. The molecule has 0 radical (unpaired) electrons. The van der Waals surface area contributed by atoms with Crippen LogP contribution in [0.2, 0.25) is 0 Å². The van der Waals surface area contributed by atoms with E-state index in [1.807, 2.05) is 12.1 Å². The van der Waals surface area contributed by atoms with E-state index in [-0.39, 0.29) is 6.61 Å². The summed E-state index contributed by atoms with van der Waals surface area (Å²) in [5, 5.41) is 8.70. The fraction of sp³-hybridized carbons (Fsp3) is 0.667. The predicted octanol–water partition coefficient (Wildman–Crippen LogP) is 3.56. The van der Waals surface area contributed by atoms with Gasteiger partial charge < -0.3 is 19.3 Å². The van der Waals surface area contributed by atoms with Crippen LogP contribution in [0.25, 0.3) is 0 Å². The predicted molar refractivity (Wildman–Crippen MR) is 88.3 cm³/mol. The number of hydrogen-bond acceptors (Lipinski definition) is 4. The number of hydrogen-bond donors (Lipinski definition) is 1. The van der Waals surface area contributed by atoms with Crippen molar-refractivity contribution in [1.29, 1.82) is 0 Å². The maximum atomic E-state index is 8.70. The largest absolute Gasteiger partial charge is 0.494 e. The third-order valence-corrected chi connectivity index (χ3v) is 3.40. The third-order valence-electron chi connectivity index (χ3n) is 3.40. The summed E-state index contributed by atoms with van der Waals surface area (Å²) < 4.78 is 16.3. The number of benzene rings is 1. The van der Waals surface area contributed by atoms with Gasteiger partial charge in [0.2, 0.25) is 0 Å². The fourth-order valence-corrected chi connectivity index (χ4v) is 2.08. The van der Waals surface area contributed by atoms with Gasteiger partial charge in [-0.05, 0) is 49.8 Å². The summed E-state index contributed by atoms with van der Waals surface area (Å²) in [4.78, 5) is 0. The molecule has 0 saturated heterocycles. The second-order valence-electron chi connectivity index (χ2n) is 5.38. The van der Waals surface area contributed by atoms with Crippen LogP contribution in [0, 0.1) is 0 Å². The molecule has 22 heavy (non-hydrogen) atoms. The summed E-state index contributed by atoms with van der Waals surface area (Å²) in [5.74, 6) is 0.908. The minimum Gasteiger partial charge on any atom is -0.494 e. The van der Waals surface area contributed by atoms with Crippen molar-refractivity contribution < 1.29 is 19.3 Å². The molecule has 0 aliphatic carbocycles. The molecule has 1 aromatic rings. The lowest BCUT2D eigenvalue weighted by atomic mass is 10.2. The van der Waals surface area contributed by atoms with Crippen LogP contribution in [0.5, 0.6) is 5.75 Å². The normalized spacial score (nSPS) is 10.8. The molecule has 0 spiro atoms. The molecular weight excluding hydrogens is 280 g/mol. The van der Waals surface area contributed by atoms with E-state index in [1.54, 1.807) is 7.11 Å². The Balaban J connectivity index is 2.07. The highest BCUT2D eigenvalue weighted by molar-refractivity contribution is 5.26. The summed E-state index contributed by atoms with van der Waals surface area (Å²) in [6.07, 6.45) is 6.18. The Morgan fingerprint density at radius 1 is 0.818 bits per heavy atom. The van der Waals surface area contributed by atoms with Crippen LogP contribution >= 0.6 is 0 Å². The van der Waals surface area contributed by atoms with E-state index < -0.39 is 0 Å². The number of unbranched alkanes of at least 4 members (excludes halogenated alkanes) is 4. The Bertz CT molecular complexity index is 316. The zero-order valence-electron chi connectivity index (χ0n) is 13.8. The van der Waals surface area contributed by atoms with E-state index in [0.717, 1.165) is 64.1 Å². The summed E-state index contributed by atoms with van der Waals surface area (Å²) >= 11 is 0. The monoisotopic (exact) mass is 310 g/mol. The third kappa shape index (κ3) is 9.77. The van der Waals surface area contributed by atoms with Crippen molar-refractivity contribution >= 4 is 0 Å². The lowest BCUT2D eigenvalue weighted by molar-refractivity contribution is 0.108. The van der Waals surface area contributed by atoms with Gasteiger partial charge in [-0.25, -0.2) is 0 Å². The number of aliphatic hydroxyl groups excluding tert-OH is 1. The Hall–Kier alpha value is -1.10. The van der Waals surface area contributed by atoms with Crippen LogP contribution < -0.4 is 4.74 Å². The van der Waals surface area contributed by atoms with E-state index in [4.69, 9.17) is 19.3 Å². The molecule has 0 atom stereocenters. The quantitative estimate of drug-likeness (QED) is 0.534. The van der Waals surface area contributed by atoms with Crippen molar-refractivity contribution in [2.45, 2.75) is 45.1 Å². The first-order valence-corrected chi connectivity index (χ1v) is 8.26. The number of aliphatic hydroxyl groups is 1. The van der Waals surface area contributed by atoms with Crippen molar-refractivity contribution in [2.24, 2.45) is 0 Å². The SMILES string of the molecule is COCCCCOCc1ccc(OCCCCCCO)cc1. The van der Waals surface area contributed by atoms with Crippen LogP contribution in [0.15, 0.2) is 24.3 Å². The van der Waals surface area contributed by atoms with E-state index in [1.165, 1.54) is 5.56 Å². The van der Waals surface area contributed by atoms with Gasteiger partial charge in [0.05, 0.1) is 13.2 Å². The first-order chi connectivity index (χ1) is 10.9. The first kappa shape index (κ1) is 18.9. The van der Waals surface area contributed by atoms with Gasteiger partial charge in [0.1, 0.15) is 5.75 Å². The highest BCUT2D eigenvalue weighted by atomic mass is 16.5. The average Bonchev–Trinajstić information content (AvgIpc) is 2.55. The molecule has 0 aliphatic heterocycles. The molecule has 1 N–H and O–H groups in total. The van der Waals surface area contributed by atoms with Gasteiger partial charge in [-0.15, -0.1) is 0 Å². The zero-order valence-corrected chi connectivity index (χ0v) is 13.8. The van der Waals surface area contributed by atoms with E-state index in [2.05, 4.69) is 12.1 Å². The number of ether oxygens (including phenoxy) is 3. The maximum absolute atomic E-state index is 8.70. The smallest absolute Gasteiger partial charge is 0.119 e. The number of methoxy groups -OCH3 is 1. The van der Waals surface area contributed by atoms with Crippen LogP contribution in [-0.2, 0) is 16.1 Å². The van der Waals surface area contributed by atoms with Crippen molar-refractivity contribution in [3.8, 4) is 5.75 Å². The highest BCUT2D eigenvalue weighted by Gasteiger charge is 1.97. The summed E-state index contributed by atoms with van der Waals surface area (Å²) in [6.45, 7) is 3.25. The molecule has 4 nitrogen and oxygen atoms in total. The molecule has 0 aliphatic rings. The van der Waals surface area contributed by atoms with Crippen molar-refractivity contribution in [3.63, 3.8) is 0 Å². The molecule has 0 aromatic heterocycles. The Morgan fingerprint density at radius 2 is 1.50 bits per heavy atom. The molecule has 0 heterocycles. The van der Waals surface area contributed by atoms with Crippen LogP contribution in [-0.4, -0.2) is 38.6 Å².